The largest absolute Gasteiger partial charge is 1.00 e. The number of piperidine rings is 2. The molecular weight excluding hydrogens is 386 g/mol. The lowest BCUT2D eigenvalue weighted by Gasteiger charge is -2.48. The predicted octanol–water partition coefficient (Wildman–Crippen LogP) is 2.41. The molecule has 2 aromatic heterocycles. The average molecular weight is 410 g/mol. The van der Waals surface area contributed by atoms with Crippen molar-refractivity contribution in [3.63, 3.8) is 0 Å². The first-order valence-electron chi connectivity index (χ1n) is 8.40. The van der Waals surface area contributed by atoms with E-state index in [9.17, 15) is 0 Å². The van der Waals surface area contributed by atoms with Gasteiger partial charge in [0.25, 0.3) is 0 Å². The zero-order chi connectivity index (χ0) is 15.0. The Bertz CT molecular complexity index is 623. The normalized spacial score (nSPS) is 27.2. The summed E-state index contributed by atoms with van der Waals surface area (Å²) >= 11 is 3.79. The number of fused-ring (bicyclic) bond motifs is 1. The van der Waals surface area contributed by atoms with Crippen molar-refractivity contribution in [3.8, 4) is 0 Å². The number of thiophene rings is 2. The van der Waals surface area contributed by atoms with Crippen LogP contribution in [0.15, 0.2) is 40.6 Å². The number of quaternary nitrogens is 1. The second kappa shape index (κ2) is 7.22. The summed E-state index contributed by atoms with van der Waals surface area (Å²) in [5.74, 6) is 0. The van der Waals surface area contributed by atoms with Gasteiger partial charge in [0.2, 0.25) is 0 Å². The summed E-state index contributed by atoms with van der Waals surface area (Å²) in [6.07, 6.45) is 6.97. The first kappa shape index (κ1) is 17.4. The molecule has 1 nitrogen and oxygen atoms in total. The zero-order valence-electron chi connectivity index (χ0n) is 13.6. The molecule has 2 atom stereocenters. The Hall–Kier alpha value is -0.420. The number of nitrogens with zero attached hydrogens (tertiary/aromatic N) is 1. The van der Waals surface area contributed by atoms with Gasteiger partial charge in [-0.2, -0.15) is 0 Å². The van der Waals surface area contributed by atoms with Crippen molar-refractivity contribution >= 4 is 28.2 Å². The molecule has 0 N–H and O–H groups in total. The molecule has 2 fully saturated rings. The molecule has 0 radical (unpaired) electrons. The minimum Gasteiger partial charge on any atom is -1.00 e. The monoisotopic (exact) mass is 409 g/mol. The lowest BCUT2D eigenvalue weighted by molar-refractivity contribution is -0.937. The lowest BCUT2D eigenvalue weighted by Crippen LogP contribution is -3.00. The van der Waals surface area contributed by atoms with Crippen molar-refractivity contribution in [3.05, 3.63) is 50.4 Å². The van der Waals surface area contributed by atoms with Crippen molar-refractivity contribution in [2.75, 3.05) is 20.1 Å². The van der Waals surface area contributed by atoms with Gasteiger partial charge >= 0.3 is 0 Å². The van der Waals surface area contributed by atoms with E-state index in [1.807, 2.05) is 22.7 Å². The van der Waals surface area contributed by atoms with Crippen LogP contribution >= 0.6 is 22.7 Å². The highest BCUT2D eigenvalue weighted by Crippen LogP contribution is 2.41. The van der Waals surface area contributed by atoms with Crippen molar-refractivity contribution in [2.45, 2.75) is 38.1 Å². The second-order valence-corrected chi connectivity index (χ2v) is 8.88. The first-order valence-corrected chi connectivity index (χ1v) is 10.2. The van der Waals surface area contributed by atoms with Crippen LogP contribution in [0.4, 0.5) is 0 Å². The van der Waals surface area contributed by atoms with Crippen LogP contribution in [0.1, 0.15) is 41.9 Å². The number of likely N-dealkylation sites (N-methyl/N-ethyl adjacent to an activating group) is 1. The summed E-state index contributed by atoms with van der Waals surface area (Å²) in [6.45, 7) is 2.63. The molecule has 0 aromatic carbocycles. The van der Waals surface area contributed by atoms with E-state index < -0.39 is 0 Å². The third-order valence-electron chi connectivity index (χ3n) is 5.56. The molecule has 0 amide bonds. The van der Waals surface area contributed by atoms with Crippen LogP contribution in [0.2, 0.25) is 0 Å². The third-order valence-corrected chi connectivity index (χ3v) is 7.33. The topological polar surface area (TPSA) is 0 Å². The molecule has 4 heteroatoms. The number of hydrogen-bond donors (Lipinski definition) is 0. The fourth-order valence-corrected chi connectivity index (χ4v) is 6.11. The van der Waals surface area contributed by atoms with Gasteiger partial charge in [-0.25, -0.2) is 0 Å². The number of rotatable bonds is 2. The zero-order valence-corrected chi connectivity index (χ0v) is 16.9. The van der Waals surface area contributed by atoms with E-state index in [0.29, 0.717) is 0 Å². The van der Waals surface area contributed by atoms with E-state index in [0.717, 1.165) is 6.04 Å². The minimum atomic E-state index is 0. The highest BCUT2D eigenvalue weighted by Gasteiger charge is 2.40. The summed E-state index contributed by atoms with van der Waals surface area (Å²) in [5, 5.41) is 4.43. The van der Waals surface area contributed by atoms with Gasteiger partial charge in [-0.05, 0) is 54.1 Å². The van der Waals surface area contributed by atoms with Crippen LogP contribution in [-0.2, 0) is 0 Å². The van der Waals surface area contributed by atoms with Crippen LogP contribution < -0.4 is 17.0 Å². The third kappa shape index (κ3) is 3.37. The molecule has 0 bridgehead atoms. The molecule has 2 saturated heterocycles. The lowest BCUT2D eigenvalue weighted by atomic mass is 9.85. The molecule has 4 rings (SSSR count). The smallest absolute Gasteiger partial charge is 0.101 e. The Morgan fingerprint density at radius 3 is 2.35 bits per heavy atom. The Kier molecular flexibility index (Phi) is 5.46. The molecule has 0 saturated carbocycles. The number of hydrogen-bond acceptors (Lipinski definition) is 2. The van der Waals surface area contributed by atoms with E-state index in [1.54, 1.807) is 11.1 Å². The first-order chi connectivity index (χ1) is 10.8. The maximum Gasteiger partial charge on any atom is 0.101 e. The van der Waals surface area contributed by atoms with Gasteiger partial charge < -0.3 is 21.5 Å². The molecule has 2 aliphatic heterocycles. The maximum absolute atomic E-state index is 2.50. The summed E-state index contributed by atoms with van der Waals surface area (Å²) in [5.41, 5.74) is 3.25. The van der Waals surface area contributed by atoms with E-state index in [-0.39, 0.29) is 17.0 Å². The molecular formula is C19H24BrNS2. The van der Waals surface area contributed by atoms with E-state index in [4.69, 9.17) is 0 Å². The van der Waals surface area contributed by atoms with Gasteiger partial charge in [0, 0.05) is 21.7 Å². The Morgan fingerprint density at radius 1 is 1.04 bits per heavy atom. The molecule has 0 spiro atoms. The van der Waals surface area contributed by atoms with Crippen LogP contribution in [-0.4, -0.2) is 30.7 Å². The van der Waals surface area contributed by atoms with E-state index in [2.05, 4.69) is 42.1 Å². The van der Waals surface area contributed by atoms with Crippen LogP contribution in [0, 0.1) is 0 Å². The molecule has 2 aliphatic rings. The van der Waals surface area contributed by atoms with Gasteiger partial charge in [0.05, 0.1) is 19.6 Å². The van der Waals surface area contributed by atoms with Crippen molar-refractivity contribution < 1.29 is 21.5 Å². The minimum absolute atomic E-state index is 0. The van der Waals surface area contributed by atoms with Gasteiger partial charge in [-0.3, -0.25) is 0 Å². The maximum atomic E-state index is 2.50. The SMILES string of the molecule is C[N@+]12CCCCC1CCC(=C(c1cccs1)c1cccs1)C2.[Br-]. The van der Waals surface area contributed by atoms with Gasteiger partial charge in [0.15, 0.2) is 0 Å². The van der Waals surface area contributed by atoms with Crippen molar-refractivity contribution in [2.24, 2.45) is 0 Å². The Morgan fingerprint density at radius 2 is 1.74 bits per heavy atom. The highest BCUT2D eigenvalue weighted by molar-refractivity contribution is 7.13. The Balaban J connectivity index is 0.00000156. The van der Waals surface area contributed by atoms with Gasteiger partial charge in [-0.15, -0.1) is 22.7 Å². The highest BCUT2D eigenvalue weighted by atomic mass is 79.9. The second-order valence-electron chi connectivity index (χ2n) is 6.98. The molecule has 0 aliphatic carbocycles. The van der Waals surface area contributed by atoms with Crippen LogP contribution in [0.5, 0.6) is 0 Å². The van der Waals surface area contributed by atoms with Crippen LogP contribution in [0.25, 0.3) is 5.57 Å². The molecule has 1 unspecified atom stereocenters. The van der Waals surface area contributed by atoms with Crippen molar-refractivity contribution in [1.29, 1.82) is 0 Å². The summed E-state index contributed by atoms with van der Waals surface area (Å²) in [7, 11) is 2.50. The Labute approximate surface area is 158 Å². The van der Waals surface area contributed by atoms with E-state index >= 15 is 0 Å². The summed E-state index contributed by atoms with van der Waals surface area (Å²) in [6, 6.07) is 9.89. The van der Waals surface area contributed by atoms with Crippen LogP contribution in [0.3, 0.4) is 0 Å². The average Bonchev–Trinajstić information content (AvgIpc) is 3.20. The molecule has 4 heterocycles. The quantitative estimate of drug-likeness (QED) is 0.668. The fourth-order valence-electron chi connectivity index (χ4n) is 4.38. The standard InChI is InChI=1S/C19H24NS2.BrH/c1-20-11-3-2-6-16(20)10-9-15(14-20)19(17-7-4-12-21-17)18-8-5-13-22-18;/h4-5,7-8,12-13,16H,2-3,6,9-11,14H2,1H3;1H/q+1;/p-1/t16?,20-;/m1./s1. The molecule has 2 aromatic rings. The molecule has 124 valence electrons. The van der Waals surface area contributed by atoms with E-state index in [1.165, 1.54) is 59.4 Å². The van der Waals surface area contributed by atoms with Gasteiger partial charge in [-0.1, -0.05) is 12.1 Å². The number of halogens is 1. The molecule has 23 heavy (non-hydrogen) atoms. The summed E-state index contributed by atoms with van der Waals surface area (Å²) < 4.78 is 1.29. The predicted molar refractivity (Wildman–Crippen MR) is 97.5 cm³/mol. The van der Waals surface area contributed by atoms with Crippen molar-refractivity contribution in [1.82, 2.24) is 0 Å². The fraction of sp³-hybridized carbons (Fsp3) is 0.474. The van der Waals surface area contributed by atoms with Gasteiger partial charge in [0.1, 0.15) is 6.54 Å². The summed E-state index contributed by atoms with van der Waals surface area (Å²) in [4.78, 5) is 2.92.